The standard InChI is InChI=1S/C19H11Cl2F3N4O3/c20-11-2-1-9(7-12(11)21)13-8-10(3-4-25-13)14-16(31-18(30)19(22,23)24)15-17(29)26-5-6-28(15)27-14/h1-4,7-8H,5-6H2,(H,26,29). The van der Waals surface area contributed by atoms with E-state index in [0.29, 0.717) is 21.3 Å². The van der Waals surface area contributed by atoms with Gasteiger partial charge in [0.15, 0.2) is 11.4 Å². The van der Waals surface area contributed by atoms with Crippen LogP contribution in [0.4, 0.5) is 13.2 Å². The molecule has 31 heavy (non-hydrogen) atoms. The largest absolute Gasteiger partial charge is 0.491 e. The van der Waals surface area contributed by atoms with Gasteiger partial charge in [0.25, 0.3) is 5.91 Å². The predicted molar refractivity (Wildman–Crippen MR) is 105 cm³/mol. The van der Waals surface area contributed by atoms with Crippen LogP contribution in [0.3, 0.4) is 0 Å². The Kier molecular flexibility index (Phi) is 5.36. The number of ether oxygens (including phenoxy) is 1. The third kappa shape index (κ3) is 4.08. The Morgan fingerprint density at radius 1 is 1.13 bits per heavy atom. The second-order valence-electron chi connectivity index (χ2n) is 6.45. The monoisotopic (exact) mass is 470 g/mol. The molecule has 1 amide bonds. The molecule has 0 spiro atoms. The molecule has 1 aromatic carbocycles. The van der Waals surface area contributed by atoms with Crippen LogP contribution in [0.1, 0.15) is 10.5 Å². The number of hydrogen-bond donors (Lipinski definition) is 1. The Bertz CT molecular complexity index is 1210. The van der Waals surface area contributed by atoms with Gasteiger partial charge in [0, 0.05) is 23.9 Å². The van der Waals surface area contributed by atoms with Crippen molar-refractivity contribution in [3.05, 3.63) is 52.3 Å². The van der Waals surface area contributed by atoms with E-state index in [2.05, 4.69) is 20.1 Å². The number of amides is 1. The number of carbonyl (C=O) groups is 2. The molecule has 0 radical (unpaired) electrons. The van der Waals surface area contributed by atoms with Gasteiger partial charge in [-0.25, -0.2) is 4.79 Å². The van der Waals surface area contributed by atoms with Crippen molar-refractivity contribution < 1.29 is 27.5 Å². The summed E-state index contributed by atoms with van der Waals surface area (Å²) in [5.41, 5.74) is 0.919. The zero-order valence-corrected chi connectivity index (χ0v) is 16.8. The first-order chi connectivity index (χ1) is 14.6. The Morgan fingerprint density at radius 2 is 1.90 bits per heavy atom. The number of alkyl halides is 3. The highest BCUT2D eigenvalue weighted by atomic mass is 35.5. The van der Waals surface area contributed by atoms with Crippen LogP contribution in [0.25, 0.3) is 22.5 Å². The van der Waals surface area contributed by atoms with Crippen LogP contribution in [0.15, 0.2) is 36.5 Å². The highest BCUT2D eigenvalue weighted by molar-refractivity contribution is 6.42. The molecule has 12 heteroatoms. The van der Waals surface area contributed by atoms with E-state index in [0.717, 1.165) is 0 Å². The number of carbonyl (C=O) groups excluding carboxylic acids is 2. The average Bonchev–Trinajstić information content (AvgIpc) is 3.09. The van der Waals surface area contributed by atoms with Gasteiger partial charge in [-0.05, 0) is 24.3 Å². The highest BCUT2D eigenvalue weighted by Crippen LogP contribution is 2.37. The zero-order valence-electron chi connectivity index (χ0n) is 15.3. The summed E-state index contributed by atoms with van der Waals surface area (Å²) in [5, 5.41) is 7.34. The topological polar surface area (TPSA) is 86.1 Å². The number of nitrogens with one attached hydrogen (secondary N) is 1. The number of hydrogen-bond acceptors (Lipinski definition) is 5. The van der Waals surface area contributed by atoms with Crippen molar-refractivity contribution in [2.24, 2.45) is 0 Å². The van der Waals surface area contributed by atoms with Crippen LogP contribution >= 0.6 is 23.2 Å². The van der Waals surface area contributed by atoms with Crippen LogP contribution in [0, 0.1) is 0 Å². The van der Waals surface area contributed by atoms with E-state index < -0.39 is 23.8 Å². The molecule has 160 valence electrons. The lowest BCUT2D eigenvalue weighted by Gasteiger charge is -2.15. The summed E-state index contributed by atoms with van der Waals surface area (Å²) in [4.78, 5) is 28.0. The summed E-state index contributed by atoms with van der Waals surface area (Å²) < 4.78 is 44.3. The molecule has 4 rings (SSSR count). The molecule has 0 aliphatic carbocycles. The fraction of sp³-hybridized carbons (Fsp3) is 0.158. The van der Waals surface area contributed by atoms with Gasteiger partial charge in [0.2, 0.25) is 0 Å². The van der Waals surface area contributed by atoms with Crippen molar-refractivity contribution >= 4 is 35.1 Å². The van der Waals surface area contributed by atoms with E-state index in [1.165, 1.54) is 23.0 Å². The lowest BCUT2D eigenvalue weighted by molar-refractivity contribution is -0.189. The fourth-order valence-electron chi connectivity index (χ4n) is 3.01. The van der Waals surface area contributed by atoms with Gasteiger partial charge in [-0.3, -0.25) is 14.5 Å². The highest BCUT2D eigenvalue weighted by Gasteiger charge is 2.43. The maximum Gasteiger partial charge on any atom is 0.491 e. The van der Waals surface area contributed by atoms with Crippen molar-refractivity contribution in [2.45, 2.75) is 12.7 Å². The summed E-state index contributed by atoms with van der Waals surface area (Å²) in [6, 6.07) is 7.81. The first kappa shape index (κ1) is 21.1. The zero-order chi connectivity index (χ0) is 22.3. The number of halogens is 5. The Labute approximate surface area is 182 Å². The number of rotatable bonds is 3. The molecule has 1 aliphatic heterocycles. The summed E-state index contributed by atoms with van der Waals surface area (Å²) in [6.07, 6.45) is -3.85. The quantitative estimate of drug-likeness (QED) is 0.581. The molecular weight excluding hydrogens is 460 g/mol. The van der Waals surface area contributed by atoms with Crippen LogP contribution in [0.2, 0.25) is 10.0 Å². The Hall–Kier alpha value is -3.11. The third-order valence-electron chi connectivity index (χ3n) is 4.41. The first-order valence-electron chi connectivity index (χ1n) is 8.75. The van der Waals surface area contributed by atoms with Crippen molar-refractivity contribution in [3.8, 4) is 28.3 Å². The molecule has 3 heterocycles. The second-order valence-corrected chi connectivity index (χ2v) is 7.27. The molecule has 2 aromatic heterocycles. The van der Waals surface area contributed by atoms with Crippen molar-refractivity contribution in [1.29, 1.82) is 0 Å². The summed E-state index contributed by atoms with van der Waals surface area (Å²) >= 11 is 12.0. The molecule has 7 nitrogen and oxygen atoms in total. The number of pyridine rings is 1. The molecule has 0 atom stereocenters. The normalized spacial score (nSPS) is 13.5. The first-order valence-corrected chi connectivity index (χ1v) is 9.50. The van der Waals surface area contributed by atoms with Gasteiger partial charge in [0.05, 0.1) is 22.3 Å². The smallest absolute Gasteiger partial charge is 0.415 e. The molecule has 1 aliphatic rings. The average molecular weight is 471 g/mol. The van der Waals surface area contributed by atoms with Crippen LogP contribution in [-0.2, 0) is 11.3 Å². The lowest BCUT2D eigenvalue weighted by atomic mass is 10.1. The fourth-order valence-corrected chi connectivity index (χ4v) is 3.31. The van der Waals surface area contributed by atoms with Crippen LogP contribution < -0.4 is 10.1 Å². The number of aromatic nitrogens is 3. The van der Waals surface area contributed by atoms with Crippen LogP contribution in [0.5, 0.6) is 5.75 Å². The van der Waals surface area contributed by atoms with Crippen molar-refractivity contribution in [3.63, 3.8) is 0 Å². The lowest BCUT2D eigenvalue weighted by Crippen LogP contribution is -2.36. The van der Waals surface area contributed by atoms with Crippen LogP contribution in [-0.4, -0.2) is 39.4 Å². The molecular formula is C19H11Cl2F3N4O3. The molecule has 0 fully saturated rings. The van der Waals surface area contributed by atoms with Gasteiger partial charge in [-0.2, -0.15) is 18.3 Å². The molecule has 3 aromatic rings. The molecule has 0 saturated carbocycles. The minimum atomic E-state index is -5.25. The number of fused-ring (bicyclic) bond motifs is 1. The SMILES string of the molecule is O=C1NCCn2nc(-c3ccnc(-c4ccc(Cl)c(Cl)c4)c3)c(OC(=O)C(F)(F)F)c21. The predicted octanol–water partition coefficient (Wildman–Crippen LogP) is 4.13. The van der Waals surface area contributed by atoms with E-state index in [1.807, 2.05) is 0 Å². The molecule has 1 N–H and O–H groups in total. The minimum Gasteiger partial charge on any atom is -0.415 e. The Balaban J connectivity index is 1.83. The van der Waals surface area contributed by atoms with E-state index in [9.17, 15) is 22.8 Å². The molecule has 0 bridgehead atoms. The van der Waals surface area contributed by atoms with E-state index in [-0.39, 0.29) is 30.0 Å². The van der Waals surface area contributed by atoms with Crippen molar-refractivity contribution in [1.82, 2.24) is 20.1 Å². The van der Waals surface area contributed by atoms with Gasteiger partial charge in [-0.15, -0.1) is 0 Å². The Morgan fingerprint density at radius 3 is 2.61 bits per heavy atom. The summed E-state index contributed by atoms with van der Waals surface area (Å²) in [7, 11) is 0. The van der Waals surface area contributed by atoms with Crippen molar-refractivity contribution in [2.75, 3.05) is 6.54 Å². The van der Waals surface area contributed by atoms with Gasteiger partial charge >= 0.3 is 12.1 Å². The van der Waals surface area contributed by atoms with Gasteiger partial charge in [-0.1, -0.05) is 29.3 Å². The maximum absolute atomic E-state index is 12.8. The number of esters is 1. The van der Waals surface area contributed by atoms with E-state index in [4.69, 9.17) is 23.2 Å². The van der Waals surface area contributed by atoms with E-state index in [1.54, 1.807) is 18.2 Å². The molecule has 0 saturated heterocycles. The summed E-state index contributed by atoms with van der Waals surface area (Å²) in [5.74, 6) is -3.73. The number of nitrogens with zero attached hydrogens (tertiary/aromatic N) is 3. The number of benzene rings is 1. The summed E-state index contributed by atoms with van der Waals surface area (Å²) in [6.45, 7) is 0.423. The second kappa shape index (κ2) is 7.86. The molecule has 0 unspecified atom stereocenters. The third-order valence-corrected chi connectivity index (χ3v) is 5.15. The maximum atomic E-state index is 12.8. The van der Waals surface area contributed by atoms with Gasteiger partial charge < -0.3 is 10.1 Å². The van der Waals surface area contributed by atoms with Gasteiger partial charge in [0.1, 0.15) is 5.69 Å². The van der Waals surface area contributed by atoms with E-state index >= 15 is 0 Å². The minimum absolute atomic E-state index is 0.103.